The highest BCUT2D eigenvalue weighted by Crippen LogP contribution is 2.31. The van der Waals surface area contributed by atoms with E-state index in [9.17, 15) is 13.2 Å². The lowest BCUT2D eigenvalue weighted by atomic mass is 10.2. The molecule has 1 N–H and O–H groups in total. The zero-order chi connectivity index (χ0) is 27.7. The number of hydrogen-bond acceptors (Lipinski definition) is 9. The van der Waals surface area contributed by atoms with Crippen LogP contribution in [0.3, 0.4) is 0 Å². The number of H-pyrrole nitrogens is 1. The third-order valence-corrected chi connectivity index (χ3v) is 9.39. The van der Waals surface area contributed by atoms with Gasteiger partial charge in [0.2, 0.25) is 15.8 Å². The number of rotatable bonds is 7. The van der Waals surface area contributed by atoms with Crippen LogP contribution in [0.4, 0.5) is 5.69 Å². The summed E-state index contributed by atoms with van der Waals surface area (Å²) in [5.41, 5.74) is 1.42. The molecule has 0 atom stereocenters. The van der Waals surface area contributed by atoms with Crippen molar-refractivity contribution in [1.82, 2.24) is 34.7 Å². The summed E-state index contributed by atoms with van der Waals surface area (Å²) >= 11 is 6.16. The Balaban J connectivity index is 1.23. The molecule has 2 aromatic carbocycles. The molecule has 1 aliphatic carbocycles. The predicted molar refractivity (Wildman–Crippen MR) is 148 cm³/mol. The number of aromatic amines is 1. The SMILES string of the molecule is O=c1c(OC2CCCC2)c(N2CCN(S(=O)(=O)c3ccc(-c4nnn[nH]4)cc3)CC2)cnn1-c1cccc(Cl)c1. The molecule has 12 nitrogen and oxygen atoms in total. The molecule has 4 aromatic rings. The van der Waals surface area contributed by atoms with Crippen LogP contribution < -0.4 is 15.2 Å². The van der Waals surface area contributed by atoms with Crippen molar-refractivity contribution in [2.45, 2.75) is 36.7 Å². The Hall–Kier alpha value is -3.81. The van der Waals surface area contributed by atoms with E-state index in [1.54, 1.807) is 54.7 Å². The first-order chi connectivity index (χ1) is 19.4. The van der Waals surface area contributed by atoms with Crippen molar-refractivity contribution >= 4 is 27.3 Å². The second-order valence-electron chi connectivity index (χ2n) is 9.75. The first-order valence-corrected chi connectivity index (χ1v) is 14.9. The van der Waals surface area contributed by atoms with E-state index in [1.807, 2.05) is 4.90 Å². The zero-order valence-corrected chi connectivity index (χ0v) is 23.1. The zero-order valence-electron chi connectivity index (χ0n) is 21.5. The number of aromatic nitrogens is 6. The van der Waals surface area contributed by atoms with Crippen molar-refractivity contribution in [1.29, 1.82) is 0 Å². The Kier molecular flexibility index (Phi) is 7.26. The van der Waals surface area contributed by atoms with Gasteiger partial charge in [0.1, 0.15) is 5.69 Å². The average Bonchev–Trinajstić information content (AvgIpc) is 3.69. The highest BCUT2D eigenvalue weighted by atomic mass is 35.5. The van der Waals surface area contributed by atoms with Gasteiger partial charge in [-0.2, -0.15) is 14.1 Å². The smallest absolute Gasteiger partial charge is 0.316 e. The van der Waals surface area contributed by atoms with Gasteiger partial charge in [0.25, 0.3) is 0 Å². The molecule has 2 aliphatic rings. The lowest BCUT2D eigenvalue weighted by Gasteiger charge is -2.36. The quantitative estimate of drug-likeness (QED) is 0.348. The number of piperazine rings is 1. The molecular formula is C26H27ClN8O4S. The normalized spacial score (nSPS) is 16.9. The number of nitrogens with one attached hydrogen (secondary N) is 1. The van der Waals surface area contributed by atoms with Gasteiger partial charge in [-0.15, -0.1) is 5.10 Å². The van der Waals surface area contributed by atoms with Crippen LogP contribution in [0.5, 0.6) is 5.75 Å². The van der Waals surface area contributed by atoms with Crippen molar-refractivity contribution in [2.75, 3.05) is 31.1 Å². The summed E-state index contributed by atoms with van der Waals surface area (Å²) < 4.78 is 35.8. The van der Waals surface area contributed by atoms with Gasteiger partial charge in [-0.1, -0.05) is 17.7 Å². The minimum atomic E-state index is -3.72. The number of anilines is 1. The third-order valence-electron chi connectivity index (χ3n) is 7.24. The molecule has 0 spiro atoms. The maximum Gasteiger partial charge on any atom is 0.316 e. The van der Waals surface area contributed by atoms with Crippen molar-refractivity contribution in [2.24, 2.45) is 0 Å². The molecule has 40 heavy (non-hydrogen) atoms. The standard InChI is InChI=1S/C26H27ClN8O4S/c27-19-4-3-5-20(16-19)35-26(36)24(39-21-6-1-2-7-21)23(17-28-35)33-12-14-34(15-13-33)40(37,38)22-10-8-18(9-11-22)25-29-31-32-30-25/h3-5,8-11,16-17,21H,1-2,6-7,12-15H2,(H,29,30,31,32). The van der Waals surface area contributed by atoms with E-state index < -0.39 is 10.0 Å². The summed E-state index contributed by atoms with van der Waals surface area (Å²) in [5.74, 6) is 0.690. The van der Waals surface area contributed by atoms with E-state index in [0.29, 0.717) is 40.9 Å². The first kappa shape index (κ1) is 26.4. The fraction of sp³-hybridized carbons (Fsp3) is 0.346. The maximum absolute atomic E-state index is 13.6. The Bertz CT molecular complexity index is 1650. The van der Waals surface area contributed by atoms with E-state index in [0.717, 1.165) is 25.7 Å². The molecule has 0 radical (unpaired) electrons. The number of nitrogens with zero attached hydrogens (tertiary/aromatic N) is 7. The van der Waals surface area contributed by atoms with Crippen LogP contribution >= 0.6 is 11.6 Å². The molecule has 0 unspecified atom stereocenters. The van der Waals surface area contributed by atoms with E-state index >= 15 is 0 Å². The Morgan fingerprint density at radius 2 is 1.75 bits per heavy atom. The molecule has 6 rings (SSSR count). The summed E-state index contributed by atoms with van der Waals surface area (Å²) in [7, 11) is -3.72. The van der Waals surface area contributed by atoms with Crippen LogP contribution in [-0.4, -0.2) is 75.4 Å². The molecule has 1 aliphatic heterocycles. The van der Waals surface area contributed by atoms with Gasteiger partial charge in [-0.25, -0.2) is 13.5 Å². The molecule has 2 fully saturated rings. The van der Waals surface area contributed by atoms with Crippen LogP contribution in [0, 0.1) is 0 Å². The van der Waals surface area contributed by atoms with Gasteiger partial charge in [0.15, 0.2) is 5.82 Å². The van der Waals surface area contributed by atoms with Gasteiger partial charge in [0, 0.05) is 36.8 Å². The minimum absolute atomic E-state index is 0.0426. The van der Waals surface area contributed by atoms with E-state index in [2.05, 4.69) is 25.7 Å². The lowest BCUT2D eigenvalue weighted by molar-refractivity contribution is 0.205. The largest absolute Gasteiger partial charge is 0.483 e. The number of benzene rings is 2. The molecule has 1 saturated carbocycles. The van der Waals surface area contributed by atoms with Crippen molar-refractivity contribution in [3.63, 3.8) is 0 Å². The topological polar surface area (TPSA) is 139 Å². The van der Waals surface area contributed by atoms with Crippen molar-refractivity contribution < 1.29 is 13.2 Å². The molecule has 14 heteroatoms. The highest BCUT2D eigenvalue weighted by molar-refractivity contribution is 7.89. The lowest BCUT2D eigenvalue weighted by Crippen LogP contribution is -2.49. The number of sulfonamides is 1. The minimum Gasteiger partial charge on any atom is -0.483 e. The maximum atomic E-state index is 13.6. The molecule has 1 saturated heterocycles. The van der Waals surface area contributed by atoms with Gasteiger partial charge >= 0.3 is 5.56 Å². The predicted octanol–water partition coefficient (Wildman–Crippen LogP) is 2.90. The number of halogens is 1. The van der Waals surface area contributed by atoms with Crippen LogP contribution in [0.15, 0.2) is 64.4 Å². The number of hydrogen-bond donors (Lipinski definition) is 1. The molecule has 208 valence electrons. The van der Waals surface area contributed by atoms with Crippen molar-refractivity contribution in [3.05, 3.63) is 70.1 Å². The molecule has 0 amide bonds. The highest BCUT2D eigenvalue weighted by Gasteiger charge is 2.31. The van der Waals surface area contributed by atoms with Gasteiger partial charge in [-0.05, 0) is 78.6 Å². The van der Waals surface area contributed by atoms with Crippen LogP contribution in [0.1, 0.15) is 25.7 Å². The van der Waals surface area contributed by atoms with Gasteiger partial charge in [-0.3, -0.25) is 4.79 Å². The second-order valence-corrected chi connectivity index (χ2v) is 12.1. The number of tetrazole rings is 1. The Morgan fingerprint density at radius 1 is 1.00 bits per heavy atom. The fourth-order valence-corrected chi connectivity index (χ4v) is 6.72. The Morgan fingerprint density at radius 3 is 2.42 bits per heavy atom. The van der Waals surface area contributed by atoms with E-state index in [-0.39, 0.29) is 35.4 Å². The van der Waals surface area contributed by atoms with E-state index in [1.165, 1.54) is 8.99 Å². The monoisotopic (exact) mass is 582 g/mol. The first-order valence-electron chi connectivity index (χ1n) is 13.0. The fourth-order valence-electron chi connectivity index (χ4n) is 5.11. The molecule has 2 aromatic heterocycles. The summed E-state index contributed by atoms with van der Waals surface area (Å²) in [6.07, 6.45) is 5.46. The Labute approximate surface area is 235 Å². The van der Waals surface area contributed by atoms with Crippen LogP contribution in [0.25, 0.3) is 17.1 Å². The second kappa shape index (κ2) is 11.0. The summed E-state index contributed by atoms with van der Waals surface area (Å²) in [4.78, 5) is 15.8. The summed E-state index contributed by atoms with van der Waals surface area (Å²) in [6, 6.07) is 13.4. The van der Waals surface area contributed by atoms with Crippen molar-refractivity contribution in [3.8, 4) is 22.8 Å². The van der Waals surface area contributed by atoms with Gasteiger partial charge < -0.3 is 9.64 Å². The summed E-state index contributed by atoms with van der Waals surface area (Å²) in [6.45, 7) is 1.25. The van der Waals surface area contributed by atoms with Crippen LogP contribution in [-0.2, 0) is 10.0 Å². The van der Waals surface area contributed by atoms with E-state index in [4.69, 9.17) is 16.3 Å². The summed E-state index contributed by atoms with van der Waals surface area (Å²) in [5, 5.41) is 18.5. The third kappa shape index (κ3) is 5.19. The number of ether oxygens (including phenoxy) is 1. The average molecular weight is 583 g/mol. The molecule has 0 bridgehead atoms. The molecule has 3 heterocycles. The van der Waals surface area contributed by atoms with Gasteiger partial charge in [0.05, 0.1) is 22.9 Å². The van der Waals surface area contributed by atoms with Crippen LogP contribution in [0.2, 0.25) is 5.02 Å². The molecular weight excluding hydrogens is 556 g/mol.